The lowest BCUT2D eigenvalue weighted by atomic mass is 9.84. The van der Waals surface area contributed by atoms with E-state index in [1.54, 1.807) is 6.07 Å². The van der Waals surface area contributed by atoms with Gasteiger partial charge in [-0.1, -0.05) is 19.4 Å². The molecule has 1 aromatic rings. The molecule has 0 saturated heterocycles. The van der Waals surface area contributed by atoms with Gasteiger partial charge in [0.2, 0.25) is 0 Å². The molecule has 1 aromatic carbocycles. The Morgan fingerprint density at radius 2 is 1.95 bits per heavy atom. The fraction of sp³-hybridized carbons (Fsp3) is 0.625. The SMILES string of the molecule is CCC1CCCCC1Oc1ccc(CN)cc1C(F)(F)F. The number of hydrogen-bond acceptors (Lipinski definition) is 2. The number of alkyl halides is 3. The highest BCUT2D eigenvalue weighted by atomic mass is 19.4. The average Bonchev–Trinajstić information content (AvgIpc) is 2.47. The van der Waals surface area contributed by atoms with E-state index in [0.29, 0.717) is 11.5 Å². The lowest BCUT2D eigenvalue weighted by molar-refractivity contribution is -0.139. The van der Waals surface area contributed by atoms with Crippen LogP contribution in [0.3, 0.4) is 0 Å². The van der Waals surface area contributed by atoms with E-state index in [4.69, 9.17) is 10.5 Å². The van der Waals surface area contributed by atoms with Gasteiger partial charge >= 0.3 is 6.18 Å². The van der Waals surface area contributed by atoms with Gasteiger partial charge in [-0.15, -0.1) is 0 Å². The minimum Gasteiger partial charge on any atom is -0.490 e. The predicted molar refractivity (Wildman–Crippen MR) is 76.0 cm³/mol. The van der Waals surface area contributed by atoms with Crippen molar-refractivity contribution >= 4 is 0 Å². The first-order valence-corrected chi connectivity index (χ1v) is 7.52. The van der Waals surface area contributed by atoms with Crippen LogP contribution < -0.4 is 10.5 Å². The summed E-state index contributed by atoms with van der Waals surface area (Å²) in [6.07, 6.45) is 0.412. The molecule has 0 amide bonds. The van der Waals surface area contributed by atoms with Gasteiger partial charge < -0.3 is 10.5 Å². The Labute approximate surface area is 123 Å². The van der Waals surface area contributed by atoms with Crippen molar-refractivity contribution < 1.29 is 17.9 Å². The Morgan fingerprint density at radius 3 is 2.57 bits per heavy atom. The molecule has 21 heavy (non-hydrogen) atoms. The minimum atomic E-state index is -4.42. The molecule has 1 fully saturated rings. The van der Waals surface area contributed by atoms with E-state index in [1.165, 1.54) is 6.07 Å². The Hall–Kier alpha value is -1.23. The Morgan fingerprint density at radius 1 is 1.24 bits per heavy atom. The smallest absolute Gasteiger partial charge is 0.419 e. The summed E-state index contributed by atoms with van der Waals surface area (Å²) < 4.78 is 45.3. The number of ether oxygens (including phenoxy) is 1. The normalized spacial score (nSPS) is 23.1. The van der Waals surface area contributed by atoms with Gasteiger partial charge in [0, 0.05) is 6.54 Å². The topological polar surface area (TPSA) is 35.2 Å². The van der Waals surface area contributed by atoms with Crippen molar-refractivity contribution in [3.8, 4) is 5.75 Å². The van der Waals surface area contributed by atoms with Crippen molar-refractivity contribution in [1.82, 2.24) is 0 Å². The highest BCUT2D eigenvalue weighted by molar-refractivity contribution is 5.39. The van der Waals surface area contributed by atoms with Crippen molar-refractivity contribution in [2.75, 3.05) is 0 Å². The molecule has 2 atom stereocenters. The summed E-state index contributed by atoms with van der Waals surface area (Å²) in [7, 11) is 0. The third-order valence-corrected chi connectivity index (χ3v) is 4.23. The molecule has 1 aliphatic carbocycles. The largest absolute Gasteiger partial charge is 0.490 e. The number of rotatable bonds is 4. The third kappa shape index (κ3) is 3.90. The fourth-order valence-electron chi connectivity index (χ4n) is 2.99. The molecule has 2 rings (SSSR count). The molecule has 0 radical (unpaired) electrons. The molecule has 118 valence electrons. The van der Waals surface area contributed by atoms with E-state index >= 15 is 0 Å². The quantitative estimate of drug-likeness (QED) is 0.888. The van der Waals surface area contributed by atoms with Crippen LogP contribution in [0.4, 0.5) is 13.2 Å². The molecule has 0 bridgehead atoms. The standard InChI is InChI=1S/C16H22F3NO/c1-2-12-5-3-4-6-14(12)21-15-8-7-11(10-20)9-13(15)16(17,18)19/h7-9,12,14H,2-6,10,20H2,1H3. The van der Waals surface area contributed by atoms with E-state index in [1.807, 2.05) is 0 Å². The van der Waals surface area contributed by atoms with Gasteiger partial charge in [0.05, 0.1) is 5.56 Å². The van der Waals surface area contributed by atoms with E-state index in [9.17, 15) is 13.2 Å². The van der Waals surface area contributed by atoms with Gasteiger partial charge in [-0.2, -0.15) is 13.2 Å². The number of halogens is 3. The first kappa shape index (κ1) is 16.1. The zero-order chi connectivity index (χ0) is 15.5. The molecule has 0 heterocycles. The van der Waals surface area contributed by atoms with Crippen LogP contribution in [0.5, 0.6) is 5.75 Å². The van der Waals surface area contributed by atoms with Gasteiger partial charge in [0.15, 0.2) is 0 Å². The molecule has 1 aliphatic rings. The van der Waals surface area contributed by atoms with Crippen molar-refractivity contribution in [1.29, 1.82) is 0 Å². The Bertz CT molecular complexity index is 473. The van der Waals surface area contributed by atoms with E-state index in [0.717, 1.165) is 38.2 Å². The van der Waals surface area contributed by atoms with Gasteiger partial charge in [-0.25, -0.2) is 0 Å². The molecule has 2 unspecified atom stereocenters. The maximum absolute atomic E-state index is 13.2. The van der Waals surface area contributed by atoms with Crippen molar-refractivity contribution in [2.24, 2.45) is 11.7 Å². The second-order valence-corrected chi connectivity index (χ2v) is 5.64. The fourth-order valence-corrected chi connectivity index (χ4v) is 2.99. The van der Waals surface area contributed by atoms with Crippen LogP contribution in [-0.2, 0) is 12.7 Å². The molecular weight excluding hydrogens is 279 g/mol. The van der Waals surface area contributed by atoms with Crippen LogP contribution in [0, 0.1) is 5.92 Å². The van der Waals surface area contributed by atoms with Gasteiger partial charge in [0.1, 0.15) is 11.9 Å². The monoisotopic (exact) mass is 301 g/mol. The van der Waals surface area contributed by atoms with Crippen LogP contribution in [0.25, 0.3) is 0 Å². The summed E-state index contributed by atoms with van der Waals surface area (Å²) in [5, 5.41) is 0. The summed E-state index contributed by atoms with van der Waals surface area (Å²) in [5.74, 6) is 0.277. The first-order valence-electron chi connectivity index (χ1n) is 7.52. The number of benzene rings is 1. The van der Waals surface area contributed by atoms with Crippen LogP contribution in [0.2, 0.25) is 0 Å². The van der Waals surface area contributed by atoms with Gasteiger partial charge in [-0.05, 0) is 49.3 Å². The molecule has 5 heteroatoms. The molecule has 1 saturated carbocycles. The molecule has 0 aromatic heterocycles. The maximum atomic E-state index is 13.2. The summed E-state index contributed by atoms with van der Waals surface area (Å²) in [5.41, 5.74) is 5.18. The van der Waals surface area contributed by atoms with Crippen LogP contribution in [0.15, 0.2) is 18.2 Å². The molecular formula is C16H22F3NO. The van der Waals surface area contributed by atoms with Crippen molar-refractivity contribution in [3.05, 3.63) is 29.3 Å². The predicted octanol–water partition coefficient (Wildman–Crippen LogP) is 4.51. The minimum absolute atomic E-state index is 0.0648. The first-order chi connectivity index (χ1) is 9.95. The Kier molecular flexibility index (Phi) is 5.14. The lowest BCUT2D eigenvalue weighted by Crippen LogP contribution is -2.30. The maximum Gasteiger partial charge on any atom is 0.419 e. The van der Waals surface area contributed by atoms with E-state index < -0.39 is 11.7 Å². The third-order valence-electron chi connectivity index (χ3n) is 4.23. The highest BCUT2D eigenvalue weighted by Gasteiger charge is 2.36. The molecule has 2 N–H and O–H groups in total. The average molecular weight is 301 g/mol. The molecule has 0 spiro atoms. The van der Waals surface area contributed by atoms with Crippen LogP contribution in [0.1, 0.15) is 50.2 Å². The second-order valence-electron chi connectivity index (χ2n) is 5.64. The second kappa shape index (κ2) is 6.69. The summed E-state index contributed by atoms with van der Waals surface area (Å²) in [4.78, 5) is 0. The zero-order valence-electron chi connectivity index (χ0n) is 12.2. The van der Waals surface area contributed by atoms with Gasteiger partial charge in [0.25, 0.3) is 0 Å². The summed E-state index contributed by atoms with van der Waals surface area (Å²) >= 11 is 0. The molecule has 2 nitrogen and oxygen atoms in total. The van der Waals surface area contributed by atoms with Gasteiger partial charge in [-0.3, -0.25) is 0 Å². The zero-order valence-corrected chi connectivity index (χ0v) is 12.2. The van der Waals surface area contributed by atoms with Crippen LogP contribution >= 0.6 is 0 Å². The van der Waals surface area contributed by atoms with E-state index in [-0.39, 0.29) is 18.4 Å². The highest BCUT2D eigenvalue weighted by Crippen LogP contribution is 2.39. The number of nitrogens with two attached hydrogens (primary N) is 1. The summed E-state index contributed by atoms with van der Waals surface area (Å²) in [6.45, 7) is 2.15. The van der Waals surface area contributed by atoms with Crippen molar-refractivity contribution in [3.63, 3.8) is 0 Å². The van der Waals surface area contributed by atoms with E-state index in [2.05, 4.69) is 6.92 Å². The number of hydrogen-bond donors (Lipinski definition) is 1. The molecule has 0 aliphatic heterocycles. The Balaban J connectivity index is 2.26. The lowest BCUT2D eigenvalue weighted by Gasteiger charge is -2.32. The van der Waals surface area contributed by atoms with Crippen molar-refractivity contribution in [2.45, 2.75) is 57.9 Å². The summed E-state index contributed by atoms with van der Waals surface area (Å²) in [6, 6.07) is 4.11. The van der Waals surface area contributed by atoms with Crippen LogP contribution in [-0.4, -0.2) is 6.10 Å².